The van der Waals surface area contributed by atoms with Crippen LogP contribution in [-0.2, 0) is 12.6 Å². The highest BCUT2D eigenvalue weighted by atomic mass is 19.4. The molecule has 0 saturated carbocycles. The minimum absolute atomic E-state index is 0.171. The van der Waals surface area contributed by atoms with Crippen molar-refractivity contribution < 1.29 is 13.2 Å². The van der Waals surface area contributed by atoms with Crippen molar-refractivity contribution in [1.29, 1.82) is 0 Å². The van der Waals surface area contributed by atoms with Crippen LogP contribution in [0.2, 0.25) is 0 Å². The summed E-state index contributed by atoms with van der Waals surface area (Å²) in [5.74, 6) is 0. The Morgan fingerprint density at radius 3 is 2.37 bits per heavy atom. The van der Waals surface area contributed by atoms with E-state index in [0.29, 0.717) is 17.5 Å². The summed E-state index contributed by atoms with van der Waals surface area (Å²) < 4.78 is 38.8. The van der Waals surface area contributed by atoms with Gasteiger partial charge in [0.1, 0.15) is 0 Å². The Bertz CT molecular complexity index is 598. The number of halogens is 3. The summed E-state index contributed by atoms with van der Waals surface area (Å²) in [5, 5.41) is 0.681. The molecule has 0 saturated heterocycles. The van der Waals surface area contributed by atoms with Crippen LogP contribution in [0.3, 0.4) is 0 Å². The van der Waals surface area contributed by atoms with Gasteiger partial charge in [-0.15, -0.1) is 0 Å². The third-order valence-electron chi connectivity index (χ3n) is 2.82. The molecule has 2 N–H and O–H groups in total. The highest BCUT2D eigenvalue weighted by Gasteiger charge is 2.32. The maximum atomic E-state index is 12.9. The van der Waals surface area contributed by atoms with Gasteiger partial charge < -0.3 is 5.73 Å². The van der Waals surface area contributed by atoms with Gasteiger partial charge in [-0.3, -0.25) is 4.98 Å². The lowest BCUT2D eigenvalue weighted by atomic mass is 9.95. The molecule has 0 aliphatic carbocycles. The monoisotopic (exact) mass is 268 g/mol. The van der Waals surface area contributed by atoms with E-state index >= 15 is 0 Å². The molecule has 0 aliphatic rings. The van der Waals surface area contributed by atoms with Gasteiger partial charge in [0.2, 0.25) is 0 Å². The first-order chi connectivity index (χ1) is 8.68. The number of aromatic nitrogens is 1. The van der Waals surface area contributed by atoms with Crippen molar-refractivity contribution in [3.63, 3.8) is 0 Å². The molecule has 0 amide bonds. The van der Waals surface area contributed by atoms with E-state index in [2.05, 4.69) is 4.98 Å². The topological polar surface area (TPSA) is 38.9 Å². The SMILES string of the molecule is CC(C)(N)Cc1nccc2c(C(F)(F)F)cccc12. The van der Waals surface area contributed by atoms with E-state index in [1.54, 1.807) is 6.07 Å². The summed E-state index contributed by atoms with van der Waals surface area (Å²) in [6.07, 6.45) is -2.54. The van der Waals surface area contributed by atoms with Gasteiger partial charge in [0.25, 0.3) is 0 Å². The smallest absolute Gasteiger partial charge is 0.325 e. The van der Waals surface area contributed by atoms with Gasteiger partial charge in [-0.05, 0) is 31.4 Å². The van der Waals surface area contributed by atoms with Gasteiger partial charge in [0, 0.05) is 29.2 Å². The quantitative estimate of drug-likeness (QED) is 0.904. The summed E-state index contributed by atoms with van der Waals surface area (Å²) in [7, 11) is 0. The second-order valence-corrected chi connectivity index (χ2v) is 5.32. The molecular weight excluding hydrogens is 253 g/mol. The van der Waals surface area contributed by atoms with Crippen LogP contribution in [0.15, 0.2) is 30.5 Å². The Kier molecular flexibility index (Phi) is 3.26. The van der Waals surface area contributed by atoms with Gasteiger partial charge in [-0.2, -0.15) is 13.2 Å². The van der Waals surface area contributed by atoms with Crippen LogP contribution in [0, 0.1) is 0 Å². The molecule has 0 bridgehead atoms. The highest BCUT2D eigenvalue weighted by molar-refractivity contribution is 5.88. The summed E-state index contributed by atoms with van der Waals surface area (Å²) in [6, 6.07) is 5.53. The molecule has 1 aromatic heterocycles. The maximum Gasteiger partial charge on any atom is 0.417 e. The van der Waals surface area contributed by atoms with Gasteiger partial charge in [0.05, 0.1) is 5.56 Å². The minimum Gasteiger partial charge on any atom is -0.325 e. The van der Waals surface area contributed by atoms with Gasteiger partial charge in [0.15, 0.2) is 0 Å². The van der Waals surface area contributed by atoms with Crippen molar-refractivity contribution in [2.24, 2.45) is 5.73 Å². The van der Waals surface area contributed by atoms with E-state index < -0.39 is 17.3 Å². The van der Waals surface area contributed by atoms with Crippen LogP contribution in [0.5, 0.6) is 0 Å². The van der Waals surface area contributed by atoms with Crippen molar-refractivity contribution in [1.82, 2.24) is 4.98 Å². The lowest BCUT2D eigenvalue weighted by molar-refractivity contribution is -0.136. The molecular formula is C14H15F3N2. The van der Waals surface area contributed by atoms with E-state index in [1.807, 2.05) is 13.8 Å². The molecule has 2 nitrogen and oxygen atoms in total. The van der Waals surface area contributed by atoms with Crippen LogP contribution in [0.1, 0.15) is 25.1 Å². The Balaban J connectivity index is 2.65. The lowest BCUT2D eigenvalue weighted by Gasteiger charge is -2.19. The van der Waals surface area contributed by atoms with E-state index in [4.69, 9.17) is 5.73 Å². The lowest BCUT2D eigenvalue weighted by Crippen LogP contribution is -2.34. The number of hydrogen-bond acceptors (Lipinski definition) is 2. The van der Waals surface area contributed by atoms with Crippen LogP contribution in [0.4, 0.5) is 13.2 Å². The number of nitrogens with zero attached hydrogens (tertiary/aromatic N) is 1. The fourth-order valence-corrected chi connectivity index (χ4v) is 2.09. The molecule has 0 fully saturated rings. The van der Waals surface area contributed by atoms with Crippen molar-refractivity contribution in [2.45, 2.75) is 32.0 Å². The number of benzene rings is 1. The Morgan fingerprint density at radius 1 is 1.11 bits per heavy atom. The van der Waals surface area contributed by atoms with E-state index in [-0.39, 0.29) is 5.39 Å². The van der Waals surface area contributed by atoms with E-state index in [9.17, 15) is 13.2 Å². The zero-order valence-electron chi connectivity index (χ0n) is 10.8. The highest BCUT2D eigenvalue weighted by Crippen LogP contribution is 2.35. The number of pyridine rings is 1. The molecule has 102 valence electrons. The van der Waals surface area contributed by atoms with Crippen LogP contribution in [0.25, 0.3) is 10.8 Å². The maximum absolute atomic E-state index is 12.9. The average molecular weight is 268 g/mol. The Hall–Kier alpha value is -1.62. The molecule has 0 unspecified atom stereocenters. The molecule has 5 heteroatoms. The summed E-state index contributed by atoms with van der Waals surface area (Å²) in [4.78, 5) is 4.17. The summed E-state index contributed by atoms with van der Waals surface area (Å²) >= 11 is 0. The predicted octanol–water partition coefficient (Wildman–Crippen LogP) is 3.53. The molecule has 0 atom stereocenters. The fraction of sp³-hybridized carbons (Fsp3) is 0.357. The van der Waals surface area contributed by atoms with Crippen molar-refractivity contribution in [2.75, 3.05) is 0 Å². The molecule has 0 radical (unpaired) electrons. The van der Waals surface area contributed by atoms with Crippen molar-refractivity contribution >= 4 is 10.8 Å². The number of fused-ring (bicyclic) bond motifs is 1. The largest absolute Gasteiger partial charge is 0.417 e. The normalized spacial score (nSPS) is 12.9. The average Bonchev–Trinajstić information content (AvgIpc) is 2.25. The second-order valence-electron chi connectivity index (χ2n) is 5.32. The standard InChI is InChI=1S/C14H15F3N2/c1-13(2,18)8-12-10-4-3-5-11(14(15,16)17)9(10)6-7-19-12/h3-7H,8,18H2,1-2H3. The number of alkyl halides is 3. The van der Waals surface area contributed by atoms with Crippen LogP contribution >= 0.6 is 0 Å². The molecule has 0 aliphatic heterocycles. The third-order valence-corrected chi connectivity index (χ3v) is 2.82. The fourth-order valence-electron chi connectivity index (χ4n) is 2.09. The molecule has 1 aromatic carbocycles. The summed E-state index contributed by atoms with van der Waals surface area (Å²) in [5.41, 5.74) is 5.36. The first-order valence-corrected chi connectivity index (χ1v) is 5.91. The number of rotatable bonds is 2. The van der Waals surface area contributed by atoms with Gasteiger partial charge in [-0.1, -0.05) is 12.1 Å². The van der Waals surface area contributed by atoms with Crippen molar-refractivity contribution in [3.05, 3.63) is 41.7 Å². The minimum atomic E-state index is -4.36. The predicted molar refractivity (Wildman–Crippen MR) is 68.7 cm³/mol. The van der Waals surface area contributed by atoms with E-state index in [0.717, 1.165) is 6.07 Å². The molecule has 1 heterocycles. The molecule has 0 spiro atoms. The third kappa shape index (κ3) is 3.04. The first kappa shape index (κ1) is 13.8. The Labute approximate surface area is 109 Å². The zero-order chi connectivity index (χ0) is 14.3. The molecule has 2 aromatic rings. The van der Waals surface area contributed by atoms with Crippen LogP contribution in [-0.4, -0.2) is 10.5 Å². The summed E-state index contributed by atoms with van der Waals surface area (Å²) in [6.45, 7) is 3.64. The first-order valence-electron chi connectivity index (χ1n) is 5.91. The van der Waals surface area contributed by atoms with Crippen LogP contribution < -0.4 is 5.73 Å². The van der Waals surface area contributed by atoms with Crippen molar-refractivity contribution in [3.8, 4) is 0 Å². The second kappa shape index (κ2) is 4.49. The number of hydrogen-bond donors (Lipinski definition) is 1. The molecule has 2 rings (SSSR count). The number of nitrogens with two attached hydrogens (primary N) is 1. The Morgan fingerprint density at radius 2 is 1.79 bits per heavy atom. The van der Waals surface area contributed by atoms with E-state index in [1.165, 1.54) is 18.3 Å². The van der Waals surface area contributed by atoms with Gasteiger partial charge >= 0.3 is 6.18 Å². The molecule has 19 heavy (non-hydrogen) atoms. The van der Waals surface area contributed by atoms with Gasteiger partial charge in [-0.25, -0.2) is 0 Å². The zero-order valence-corrected chi connectivity index (χ0v) is 10.8.